The first kappa shape index (κ1) is 53.2. The van der Waals surface area contributed by atoms with Crippen LogP contribution in [-0.4, -0.2) is 68.5 Å². The molecule has 78 heavy (non-hydrogen) atoms. The van der Waals surface area contributed by atoms with Crippen molar-refractivity contribution in [2.24, 2.45) is 16.2 Å². The molecule has 0 unspecified atom stereocenters. The molecule has 0 amide bonds. The van der Waals surface area contributed by atoms with Crippen LogP contribution in [0.25, 0.3) is 55.0 Å². The number of aryl methyl sites for hydroxylation is 2. The summed E-state index contributed by atoms with van der Waals surface area (Å²) in [5, 5.41) is 43.1. The second-order valence-electron chi connectivity index (χ2n) is 19.0. The molecular formula is C58H50N8O8S4. The molecule has 0 atom stereocenters. The van der Waals surface area contributed by atoms with Crippen LogP contribution in [0.5, 0.6) is 0 Å². The van der Waals surface area contributed by atoms with Crippen LogP contribution in [0.3, 0.4) is 0 Å². The number of benzene rings is 6. The predicted molar refractivity (Wildman–Crippen MR) is 301 cm³/mol. The van der Waals surface area contributed by atoms with Gasteiger partial charge in [0.05, 0.1) is 26.9 Å². The van der Waals surface area contributed by atoms with E-state index in [-0.39, 0.29) is 21.2 Å². The lowest BCUT2D eigenvalue weighted by Gasteiger charge is -2.10. The Balaban J connectivity index is 0.000000177. The first-order valence-electron chi connectivity index (χ1n) is 24.5. The van der Waals surface area contributed by atoms with Gasteiger partial charge in [0, 0.05) is 52.1 Å². The summed E-state index contributed by atoms with van der Waals surface area (Å²) in [5.41, 5.74) is 14.6. The van der Waals surface area contributed by atoms with Crippen molar-refractivity contribution in [3.8, 4) is 55.0 Å². The molecule has 1 aliphatic carbocycles. The van der Waals surface area contributed by atoms with E-state index in [0.717, 1.165) is 97.5 Å². The van der Waals surface area contributed by atoms with Gasteiger partial charge in [-0.15, -0.1) is 22.7 Å². The molecule has 1 saturated carbocycles. The summed E-state index contributed by atoms with van der Waals surface area (Å²) >= 11 is 2.44. The van der Waals surface area contributed by atoms with Crippen LogP contribution in [0.4, 0.5) is 0 Å². The average Bonchev–Trinajstić information content (AvgIpc) is 4.04. The SMILES string of the molecule is Cc1ccc(-c2cc(-c3nn(-c4nc(C(=O)O)cs4)cc3Cc3ccc(S(N)(=O)=O)cc3)ccc2C)cc1.NS(=O)(=O)c1ccc(Cc2c(-c3cccc(-c4ccccc4)c3)nn(-c3nc(C(=O)O)cs3)c2CC2CC2)cc1. The number of aromatic nitrogens is 6. The number of hydrogen-bond acceptors (Lipinski definition) is 12. The molecule has 6 aromatic carbocycles. The monoisotopic (exact) mass is 1110 g/mol. The number of rotatable bonds is 16. The highest BCUT2D eigenvalue weighted by atomic mass is 32.2. The minimum absolute atomic E-state index is 0.0133. The number of carbonyl (C=O) groups is 2. The smallest absolute Gasteiger partial charge is 0.355 e. The van der Waals surface area contributed by atoms with Crippen molar-refractivity contribution in [3.63, 3.8) is 0 Å². The third kappa shape index (κ3) is 12.1. The van der Waals surface area contributed by atoms with Crippen molar-refractivity contribution in [1.29, 1.82) is 0 Å². The lowest BCUT2D eigenvalue weighted by atomic mass is 9.94. The van der Waals surface area contributed by atoms with E-state index in [1.54, 1.807) is 33.6 Å². The minimum Gasteiger partial charge on any atom is -0.476 e. The van der Waals surface area contributed by atoms with Gasteiger partial charge < -0.3 is 10.2 Å². The van der Waals surface area contributed by atoms with Gasteiger partial charge in [-0.25, -0.2) is 56.0 Å². The van der Waals surface area contributed by atoms with Crippen LogP contribution in [0.15, 0.2) is 172 Å². The Morgan fingerprint density at radius 2 is 1.15 bits per heavy atom. The van der Waals surface area contributed by atoms with Crippen LogP contribution in [0.1, 0.15) is 72.9 Å². The highest BCUT2D eigenvalue weighted by molar-refractivity contribution is 7.89. The molecule has 11 rings (SSSR count). The maximum absolute atomic E-state index is 11.8. The van der Waals surface area contributed by atoms with Crippen molar-refractivity contribution in [1.82, 2.24) is 29.5 Å². The van der Waals surface area contributed by atoms with Crippen LogP contribution < -0.4 is 10.3 Å². The number of carboxylic acids is 2. The summed E-state index contributed by atoms with van der Waals surface area (Å²) in [6, 6.07) is 45.8. The molecule has 0 spiro atoms. The third-order valence-corrected chi connectivity index (χ3v) is 16.8. The molecule has 10 aromatic rings. The van der Waals surface area contributed by atoms with E-state index in [1.165, 1.54) is 63.3 Å². The molecule has 1 aliphatic rings. The van der Waals surface area contributed by atoms with Crippen molar-refractivity contribution in [3.05, 3.63) is 213 Å². The van der Waals surface area contributed by atoms with E-state index >= 15 is 0 Å². The molecule has 0 bridgehead atoms. The van der Waals surface area contributed by atoms with Gasteiger partial charge >= 0.3 is 11.9 Å². The lowest BCUT2D eigenvalue weighted by Crippen LogP contribution is -2.12. The molecule has 0 radical (unpaired) electrons. The molecule has 6 N–H and O–H groups in total. The molecule has 4 heterocycles. The fourth-order valence-corrected chi connectivity index (χ4v) is 11.5. The molecule has 16 nitrogen and oxygen atoms in total. The van der Waals surface area contributed by atoms with Crippen molar-refractivity contribution in [2.75, 3.05) is 0 Å². The number of hydrogen-bond donors (Lipinski definition) is 4. The zero-order chi connectivity index (χ0) is 54.9. The highest BCUT2D eigenvalue weighted by Crippen LogP contribution is 2.39. The van der Waals surface area contributed by atoms with Crippen molar-refractivity contribution < 1.29 is 36.6 Å². The van der Waals surface area contributed by atoms with E-state index < -0.39 is 32.0 Å². The van der Waals surface area contributed by atoms with Crippen LogP contribution in [0, 0.1) is 19.8 Å². The van der Waals surface area contributed by atoms with Gasteiger partial charge in [0.15, 0.2) is 11.4 Å². The van der Waals surface area contributed by atoms with Crippen LogP contribution >= 0.6 is 22.7 Å². The molecular weight excluding hydrogens is 1060 g/mol. The maximum atomic E-state index is 11.8. The Labute approximate surface area is 458 Å². The first-order valence-corrected chi connectivity index (χ1v) is 29.3. The Hall–Kier alpha value is -8.24. The van der Waals surface area contributed by atoms with Crippen LogP contribution in [0.2, 0.25) is 0 Å². The topological polar surface area (TPSA) is 256 Å². The first-order chi connectivity index (χ1) is 37.3. The van der Waals surface area contributed by atoms with E-state index in [9.17, 15) is 36.6 Å². The summed E-state index contributed by atoms with van der Waals surface area (Å²) in [5.74, 6) is -1.65. The fourth-order valence-electron chi connectivity index (χ4n) is 8.98. The molecule has 4 aromatic heterocycles. The molecule has 20 heteroatoms. The quantitative estimate of drug-likeness (QED) is 0.0705. The van der Waals surface area contributed by atoms with Crippen LogP contribution in [-0.2, 0) is 39.3 Å². The van der Waals surface area contributed by atoms with Gasteiger partial charge in [-0.1, -0.05) is 115 Å². The van der Waals surface area contributed by atoms with E-state index in [1.807, 2.05) is 42.6 Å². The lowest BCUT2D eigenvalue weighted by molar-refractivity contribution is 0.0680. The molecule has 0 aliphatic heterocycles. The Morgan fingerprint density at radius 3 is 1.74 bits per heavy atom. The third-order valence-electron chi connectivity index (χ3n) is 13.3. The molecule has 1 fully saturated rings. The Kier molecular flexibility index (Phi) is 15.0. The summed E-state index contributed by atoms with van der Waals surface area (Å²) < 4.78 is 50.3. The van der Waals surface area contributed by atoms with Crippen molar-refractivity contribution in [2.45, 2.75) is 55.7 Å². The molecule has 0 saturated heterocycles. The van der Waals surface area contributed by atoms with Crippen molar-refractivity contribution >= 4 is 54.7 Å². The maximum Gasteiger partial charge on any atom is 0.355 e. The number of aromatic carboxylic acids is 2. The van der Waals surface area contributed by atoms with E-state index in [4.69, 9.17) is 20.5 Å². The largest absolute Gasteiger partial charge is 0.476 e. The number of thiazole rings is 2. The number of nitrogens with two attached hydrogens (primary N) is 2. The average molecular weight is 1120 g/mol. The van der Waals surface area contributed by atoms with Gasteiger partial charge in [0.25, 0.3) is 0 Å². The normalized spacial score (nSPS) is 12.5. The molecule has 394 valence electrons. The van der Waals surface area contributed by atoms with Gasteiger partial charge in [-0.05, 0) is 114 Å². The number of sulfonamides is 2. The van der Waals surface area contributed by atoms with Gasteiger partial charge in [-0.2, -0.15) is 10.2 Å². The van der Waals surface area contributed by atoms with Gasteiger partial charge in [0.2, 0.25) is 30.3 Å². The van der Waals surface area contributed by atoms with Gasteiger partial charge in [-0.3, -0.25) is 0 Å². The zero-order valence-corrected chi connectivity index (χ0v) is 45.3. The number of carboxylic acid groups (broad SMARTS) is 2. The second-order valence-corrected chi connectivity index (χ2v) is 23.8. The Morgan fingerprint density at radius 1 is 0.603 bits per heavy atom. The summed E-state index contributed by atoms with van der Waals surface area (Å²) in [7, 11) is -7.59. The Bertz CT molecular complexity index is 4090. The fraction of sp³-hybridized carbons (Fsp3) is 0.138. The minimum atomic E-state index is -3.80. The van der Waals surface area contributed by atoms with E-state index in [0.29, 0.717) is 29.0 Å². The summed E-state index contributed by atoms with van der Waals surface area (Å²) in [4.78, 5) is 31.6. The predicted octanol–water partition coefficient (Wildman–Crippen LogP) is 10.8. The summed E-state index contributed by atoms with van der Waals surface area (Å²) in [6.07, 6.45) is 5.85. The zero-order valence-electron chi connectivity index (χ0n) is 42.0. The summed E-state index contributed by atoms with van der Waals surface area (Å²) in [6.45, 7) is 4.12. The number of nitrogens with zero attached hydrogens (tertiary/aromatic N) is 6. The standard InChI is InChI=1S/C30H26N4O4S2.C28H24N4O4S2/c31-40(37,38)24-13-11-19(12-14-24)15-25-27(16-20-9-10-20)34(30-32-26(18-39-30)29(35)36)33-28(25)23-8-4-7-22(17-23)21-5-2-1-3-6-21;1-17-3-8-20(9-4-17)24-14-21(10-5-18(24)2)26-22(13-19-6-11-23(12-7-19)38(29,35)36)15-32(31-26)28-30-25(16-37-28)27(33)34/h1-8,11-14,17-18,20H,9-10,15-16H2,(H,35,36)(H2,31,37,38);3-12,14-16H,13H2,1-2H3,(H,33,34)(H2,29,35,36). The van der Waals surface area contributed by atoms with Gasteiger partial charge in [0.1, 0.15) is 0 Å². The van der Waals surface area contributed by atoms with E-state index in [2.05, 4.69) is 84.5 Å². The highest BCUT2D eigenvalue weighted by Gasteiger charge is 2.30. The number of primary sulfonamides is 2. The second kappa shape index (κ2) is 22.0.